The van der Waals surface area contributed by atoms with Crippen LogP contribution in [-0.2, 0) is 11.3 Å². The number of rotatable bonds is 5. The van der Waals surface area contributed by atoms with Crippen LogP contribution in [0.1, 0.15) is 65.2 Å². The van der Waals surface area contributed by atoms with Crippen molar-refractivity contribution in [2.45, 2.75) is 77.4 Å². The maximum atomic E-state index is 12.8. The van der Waals surface area contributed by atoms with Gasteiger partial charge in [-0.15, -0.1) is 5.10 Å². The topological polar surface area (TPSA) is 79.8 Å². The minimum atomic E-state index is -1.10. The lowest BCUT2D eigenvalue weighted by atomic mass is 9.69. The van der Waals surface area contributed by atoms with Crippen LogP contribution in [0, 0.1) is 11.3 Å². The fourth-order valence-electron chi connectivity index (χ4n) is 5.15. The Bertz CT molecular complexity index is 957. The van der Waals surface area contributed by atoms with E-state index in [1.807, 2.05) is 24.8 Å². The summed E-state index contributed by atoms with van der Waals surface area (Å²) in [6.45, 7) is 5.11. The zero-order chi connectivity index (χ0) is 21.4. The summed E-state index contributed by atoms with van der Waals surface area (Å²) in [4.78, 5) is 27.4. The summed E-state index contributed by atoms with van der Waals surface area (Å²) in [5.74, 6) is 0.889. The molecule has 1 N–H and O–H groups in total. The Morgan fingerprint density at radius 3 is 2.70 bits per heavy atom. The fourth-order valence-corrected chi connectivity index (χ4v) is 5.15. The lowest BCUT2D eigenvalue weighted by Gasteiger charge is -2.50. The highest BCUT2D eigenvalue weighted by Crippen LogP contribution is 2.40. The van der Waals surface area contributed by atoms with E-state index in [4.69, 9.17) is 0 Å². The van der Waals surface area contributed by atoms with Crippen LogP contribution < -0.4 is 5.69 Å². The SMILES string of the molecule is CC1(C)CN(C(=O)CCC2CCCCC2)CCC1(O)Cn1nc2ccccn2c1=O. The lowest BCUT2D eigenvalue weighted by molar-refractivity contribution is -0.154. The molecular weight excluding hydrogens is 380 g/mol. The number of fused-ring (bicyclic) bond motifs is 1. The van der Waals surface area contributed by atoms with Crippen LogP contribution in [-0.4, -0.2) is 48.8 Å². The number of carbonyl (C=O) groups excluding carboxylic acids is 1. The number of likely N-dealkylation sites (tertiary alicyclic amines) is 1. The van der Waals surface area contributed by atoms with Gasteiger partial charge in [0, 0.05) is 31.1 Å². The van der Waals surface area contributed by atoms with Gasteiger partial charge in [-0.05, 0) is 30.9 Å². The Kier molecular flexibility index (Phi) is 5.75. The second-order valence-corrected chi connectivity index (χ2v) is 9.89. The van der Waals surface area contributed by atoms with Gasteiger partial charge in [-0.3, -0.25) is 9.20 Å². The van der Waals surface area contributed by atoms with Gasteiger partial charge in [0.2, 0.25) is 5.91 Å². The number of pyridine rings is 1. The molecule has 1 amide bonds. The van der Waals surface area contributed by atoms with E-state index >= 15 is 0 Å². The van der Waals surface area contributed by atoms with Crippen molar-refractivity contribution in [1.29, 1.82) is 0 Å². The monoisotopic (exact) mass is 414 g/mol. The first kappa shape index (κ1) is 21.1. The summed E-state index contributed by atoms with van der Waals surface area (Å²) in [5, 5.41) is 15.9. The van der Waals surface area contributed by atoms with Crippen molar-refractivity contribution in [2.75, 3.05) is 13.1 Å². The number of aromatic nitrogens is 3. The predicted molar refractivity (Wildman–Crippen MR) is 115 cm³/mol. The first-order valence-corrected chi connectivity index (χ1v) is 11.3. The van der Waals surface area contributed by atoms with Gasteiger partial charge in [-0.2, -0.15) is 0 Å². The number of piperidine rings is 1. The molecule has 7 nitrogen and oxygen atoms in total. The highest BCUT2D eigenvalue weighted by atomic mass is 16.3. The van der Waals surface area contributed by atoms with Gasteiger partial charge < -0.3 is 10.0 Å². The van der Waals surface area contributed by atoms with Crippen LogP contribution >= 0.6 is 0 Å². The molecule has 2 aliphatic rings. The van der Waals surface area contributed by atoms with Gasteiger partial charge in [0.1, 0.15) is 0 Å². The molecule has 1 saturated carbocycles. The summed E-state index contributed by atoms with van der Waals surface area (Å²) in [7, 11) is 0. The Labute approximate surface area is 177 Å². The molecule has 1 aliphatic heterocycles. The smallest absolute Gasteiger partial charge is 0.350 e. The minimum absolute atomic E-state index is 0.130. The van der Waals surface area contributed by atoms with E-state index in [9.17, 15) is 14.7 Å². The molecule has 0 bridgehead atoms. The molecule has 1 aliphatic carbocycles. The zero-order valence-corrected chi connectivity index (χ0v) is 18.2. The summed E-state index contributed by atoms with van der Waals surface area (Å²) in [6.07, 6.45) is 10.1. The van der Waals surface area contributed by atoms with Crippen LogP contribution in [0.25, 0.3) is 5.65 Å². The molecule has 3 heterocycles. The Morgan fingerprint density at radius 1 is 1.23 bits per heavy atom. The maximum absolute atomic E-state index is 12.8. The third-order valence-corrected chi connectivity index (χ3v) is 7.38. The van der Waals surface area contributed by atoms with Gasteiger partial charge in [0.05, 0.1) is 12.1 Å². The Morgan fingerprint density at radius 2 is 2.00 bits per heavy atom. The summed E-state index contributed by atoms with van der Waals surface area (Å²) in [6, 6.07) is 5.40. The van der Waals surface area contributed by atoms with Crippen molar-refractivity contribution in [3.8, 4) is 0 Å². The highest BCUT2D eigenvalue weighted by Gasteiger charge is 2.49. The molecule has 30 heavy (non-hydrogen) atoms. The van der Waals surface area contributed by atoms with E-state index < -0.39 is 11.0 Å². The quantitative estimate of drug-likeness (QED) is 0.816. The molecule has 2 aromatic rings. The molecular formula is C23H34N4O3. The van der Waals surface area contributed by atoms with Crippen LogP contribution in [0.15, 0.2) is 29.2 Å². The van der Waals surface area contributed by atoms with Crippen molar-refractivity contribution < 1.29 is 9.90 Å². The van der Waals surface area contributed by atoms with Gasteiger partial charge in [-0.1, -0.05) is 52.0 Å². The summed E-state index contributed by atoms with van der Waals surface area (Å²) >= 11 is 0. The summed E-state index contributed by atoms with van der Waals surface area (Å²) < 4.78 is 2.85. The maximum Gasteiger partial charge on any atom is 0.350 e. The molecule has 164 valence electrons. The molecule has 1 atom stereocenters. The minimum Gasteiger partial charge on any atom is -0.387 e. The van der Waals surface area contributed by atoms with Crippen molar-refractivity contribution in [3.63, 3.8) is 0 Å². The number of amides is 1. The molecule has 0 radical (unpaired) electrons. The summed E-state index contributed by atoms with van der Waals surface area (Å²) in [5.41, 5.74) is -1.32. The van der Waals surface area contributed by atoms with Crippen LogP contribution in [0.4, 0.5) is 0 Å². The Hall–Kier alpha value is -2.15. The van der Waals surface area contributed by atoms with E-state index in [0.29, 0.717) is 37.5 Å². The molecule has 1 unspecified atom stereocenters. The van der Waals surface area contributed by atoms with Crippen molar-refractivity contribution >= 4 is 11.6 Å². The molecule has 1 saturated heterocycles. The first-order valence-electron chi connectivity index (χ1n) is 11.3. The largest absolute Gasteiger partial charge is 0.387 e. The predicted octanol–water partition coefficient (Wildman–Crippen LogP) is 2.85. The van der Waals surface area contributed by atoms with E-state index in [1.165, 1.54) is 41.2 Å². The fraction of sp³-hybridized carbons (Fsp3) is 0.696. The van der Waals surface area contributed by atoms with Gasteiger partial charge in [0.25, 0.3) is 0 Å². The van der Waals surface area contributed by atoms with Crippen LogP contribution in [0.2, 0.25) is 0 Å². The number of hydrogen-bond donors (Lipinski definition) is 1. The second kappa shape index (κ2) is 8.17. The second-order valence-electron chi connectivity index (χ2n) is 9.89. The van der Waals surface area contributed by atoms with E-state index in [1.54, 1.807) is 18.3 Å². The van der Waals surface area contributed by atoms with E-state index in [-0.39, 0.29) is 18.1 Å². The van der Waals surface area contributed by atoms with Crippen LogP contribution in [0.3, 0.4) is 0 Å². The van der Waals surface area contributed by atoms with Gasteiger partial charge >= 0.3 is 5.69 Å². The normalized spacial score (nSPS) is 25.0. The molecule has 2 fully saturated rings. The molecule has 4 rings (SSSR count). The van der Waals surface area contributed by atoms with Crippen molar-refractivity contribution in [3.05, 3.63) is 34.9 Å². The highest BCUT2D eigenvalue weighted by molar-refractivity contribution is 5.76. The van der Waals surface area contributed by atoms with E-state index in [0.717, 1.165) is 6.42 Å². The third-order valence-electron chi connectivity index (χ3n) is 7.38. The number of hydrogen-bond acceptors (Lipinski definition) is 4. The first-order chi connectivity index (χ1) is 14.3. The number of nitrogens with zero attached hydrogens (tertiary/aromatic N) is 4. The van der Waals surface area contributed by atoms with Crippen molar-refractivity contribution in [1.82, 2.24) is 19.1 Å². The van der Waals surface area contributed by atoms with Crippen LogP contribution in [0.5, 0.6) is 0 Å². The van der Waals surface area contributed by atoms with E-state index in [2.05, 4.69) is 5.10 Å². The Balaban J connectivity index is 1.41. The van der Waals surface area contributed by atoms with Gasteiger partial charge in [0.15, 0.2) is 5.65 Å². The van der Waals surface area contributed by atoms with Gasteiger partial charge in [-0.25, -0.2) is 9.48 Å². The molecule has 2 aromatic heterocycles. The molecule has 0 aromatic carbocycles. The number of carbonyl (C=O) groups is 1. The average Bonchev–Trinajstić information content (AvgIpc) is 3.04. The third kappa shape index (κ3) is 4.04. The lowest BCUT2D eigenvalue weighted by Crippen LogP contribution is -2.60. The molecule has 7 heteroatoms. The molecule has 0 spiro atoms. The zero-order valence-electron chi connectivity index (χ0n) is 18.2. The van der Waals surface area contributed by atoms with Crippen molar-refractivity contribution in [2.24, 2.45) is 11.3 Å². The average molecular weight is 415 g/mol. The standard InChI is InChI=1S/C23H34N4O3/c1-22(2)16-25(20(28)12-11-18-8-4-3-5-9-18)15-13-23(22,30)17-27-21(29)26-14-7-6-10-19(26)24-27/h6-7,10,14,18,30H,3-5,8-9,11-13,15-17H2,1-2H3. The number of aliphatic hydroxyl groups is 1.